The molecule has 6 heteroatoms. The van der Waals surface area contributed by atoms with E-state index in [2.05, 4.69) is 4.98 Å². The van der Waals surface area contributed by atoms with E-state index in [1.807, 2.05) is 36.6 Å². The number of carbonyl (C=O) groups excluding carboxylic acids is 1. The van der Waals surface area contributed by atoms with E-state index in [4.69, 9.17) is 14.2 Å². The van der Waals surface area contributed by atoms with Crippen LogP contribution in [0.2, 0.25) is 0 Å². The molecule has 0 atom stereocenters. The fraction of sp³-hybridized carbons (Fsp3) is 0.200. The van der Waals surface area contributed by atoms with Gasteiger partial charge in [0.15, 0.2) is 11.5 Å². The highest BCUT2D eigenvalue weighted by Crippen LogP contribution is 2.33. The Hall–Kier alpha value is -2.86. The fourth-order valence-corrected chi connectivity index (χ4v) is 3.18. The fourth-order valence-electron chi connectivity index (χ4n) is 2.38. The summed E-state index contributed by atoms with van der Waals surface area (Å²) in [6, 6.07) is 14.6. The topological polar surface area (TPSA) is 57.7 Å². The van der Waals surface area contributed by atoms with Crippen molar-refractivity contribution < 1.29 is 19.0 Å². The van der Waals surface area contributed by atoms with E-state index in [9.17, 15) is 4.79 Å². The van der Waals surface area contributed by atoms with Crippen LogP contribution in [0.25, 0.3) is 10.6 Å². The molecule has 0 spiro atoms. The van der Waals surface area contributed by atoms with Crippen LogP contribution in [-0.4, -0.2) is 24.7 Å². The van der Waals surface area contributed by atoms with Crippen molar-refractivity contribution in [2.24, 2.45) is 0 Å². The van der Waals surface area contributed by atoms with Crippen molar-refractivity contribution in [3.8, 4) is 22.1 Å². The number of rotatable bonds is 7. The highest BCUT2D eigenvalue weighted by molar-refractivity contribution is 7.13. The van der Waals surface area contributed by atoms with Crippen LogP contribution in [0.4, 0.5) is 0 Å². The van der Waals surface area contributed by atoms with Gasteiger partial charge in [-0.15, -0.1) is 11.3 Å². The van der Waals surface area contributed by atoms with Crippen LogP contribution in [0.1, 0.15) is 23.0 Å². The summed E-state index contributed by atoms with van der Waals surface area (Å²) in [5, 5.41) is 2.72. The van der Waals surface area contributed by atoms with Crippen LogP contribution in [-0.2, 0) is 11.3 Å². The molecule has 134 valence electrons. The molecule has 0 aliphatic carbocycles. The van der Waals surface area contributed by atoms with E-state index in [1.165, 1.54) is 11.3 Å². The van der Waals surface area contributed by atoms with E-state index in [0.29, 0.717) is 29.4 Å². The van der Waals surface area contributed by atoms with Gasteiger partial charge in [-0.3, -0.25) is 0 Å². The molecule has 0 aliphatic heterocycles. The van der Waals surface area contributed by atoms with Gasteiger partial charge in [-0.25, -0.2) is 9.78 Å². The summed E-state index contributed by atoms with van der Waals surface area (Å²) in [7, 11) is 1.61. The van der Waals surface area contributed by atoms with Crippen LogP contribution >= 0.6 is 11.3 Å². The predicted octanol–water partition coefficient (Wildman–Crippen LogP) is 4.57. The Morgan fingerprint density at radius 1 is 1.12 bits per heavy atom. The van der Waals surface area contributed by atoms with E-state index >= 15 is 0 Å². The minimum Gasteiger partial charge on any atom is -0.493 e. The predicted molar refractivity (Wildman–Crippen MR) is 101 cm³/mol. The first-order valence-corrected chi connectivity index (χ1v) is 9.07. The number of thiazole rings is 1. The molecule has 1 heterocycles. The summed E-state index contributed by atoms with van der Waals surface area (Å²) in [6.45, 7) is 2.64. The number of hydrogen-bond donors (Lipinski definition) is 0. The maximum Gasteiger partial charge on any atom is 0.338 e. The second-order valence-corrected chi connectivity index (χ2v) is 6.24. The van der Waals surface area contributed by atoms with Crippen molar-refractivity contribution in [3.05, 3.63) is 65.2 Å². The molecule has 3 rings (SSSR count). The van der Waals surface area contributed by atoms with E-state index in [-0.39, 0.29) is 12.6 Å². The Kier molecular flexibility index (Phi) is 5.86. The zero-order valence-corrected chi connectivity index (χ0v) is 15.4. The Balaban J connectivity index is 1.69. The molecule has 0 aliphatic rings. The Bertz CT molecular complexity index is 877. The van der Waals surface area contributed by atoms with Crippen molar-refractivity contribution in [1.82, 2.24) is 4.98 Å². The number of ether oxygens (including phenoxy) is 3. The number of methoxy groups -OCH3 is 1. The molecule has 1 aromatic heterocycles. The van der Waals surface area contributed by atoms with Gasteiger partial charge in [-0.2, -0.15) is 0 Å². The molecule has 5 nitrogen and oxygen atoms in total. The molecule has 3 aromatic rings. The van der Waals surface area contributed by atoms with Gasteiger partial charge in [-0.1, -0.05) is 18.2 Å². The third-order valence-electron chi connectivity index (χ3n) is 3.62. The van der Waals surface area contributed by atoms with Crippen LogP contribution in [0.3, 0.4) is 0 Å². The smallest absolute Gasteiger partial charge is 0.338 e. The van der Waals surface area contributed by atoms with Gasteiger partial charge in [0.25, 0.3) is 0 Å². The standard InChI is InChI=1S/C20H19NO4S/c1-3-24-17-10-9-15(11-18(17)23-2)19-21-16(13-26-19)12-25-20(22)14-7-5-4-6-8-14/h4-11,13H,3,12H2,1-2H3. The van der Waals surface area contributed by atoms with Crippen LogP contribution in [0, 0.1) is 0 Å². The van der Waals surface area contributed by atoms with Crippen molar-refractivity contribution in [1.29, 1.82) is 0 Å². The summed E-state index contributed by atoms with van der Waals surface area (Å²) in [4.78, 5) is 16.5. The average molecular weight is 369 g/mol. The first-order chi connectivity index (χ1) is 12.7. The molecule has 0 saturated carbocycles. The number of nitrogens with zero attached hydrogens (tertiary/aromatic N) is 1. The van der Waals surface area contributed by atoms with Gasteiger partial charge < -0.3 is 14.2 Å². The second kappa shape index (κ2) is 8.49. The summed E-state index contributed by atoms with van der Waals surface area (Å²) in [5.41, 5.74) is 2.16. The van der Waals surface area contributed by atoms with Crippen molar-refractivity contribution in [2.45, 2.75) is 13.5 Å². The lowest BCUT2D eigenvalue weighted by Gasteiger charge is -2.09. The Labute approximate surface area is 156 Å². The molecule has 26 heavy (non-hydrogen) atoms. The molecular formula is C20H19NO4S. The maximum absolute atomic E-state index is 12.0. The molecule has 0 saturated heterocycles. The minimum absolute atomic E-state index is 0.137. The van der Waals surface area contributed by atoms with E-state index < -0.39 is 0 Å². The maximum atomic E-state index is 12.0. The van der Waals surface area contributed by atoms with Gasteiger partial charge in [-0.05, 0) is 37.3 Å². The highest BCUT2D eigenvalue weighted by atomic mass is 32.1. The average Bonchev–Trinajstić information content (AvgIpc) is 3.16. The summed E-state index contributed by atoms with van der Waals surface area (Å²) in [6.07, 6.45) is 0. The molecular weight excluding hydrogens is 350 g/mol. The Morgan fingerprint density at radius 2 is 1.92 bits per heavy atom. The summed E-state index contributed by atoms with van der Waals surface area (Å²) >= 11 is 1.49. The first kappa shape index (κ1) is 17.9. The van der Waals surface area contributed by atoms with Crippen molar-refractivity contribution in [2.75, 3.05) is 13.7 Å². The van der Waals surface area contributed by atoms with Gasteiger partial charge in [0, 0.05) is 10.9 Å². The Morgan fingerprint density at radius 3 is 2.65 bits per heavy atom. The number of esters is 1. The highest BCUT2D eigenvalue weighted by Gasteiger charge is 2.12. The zero-order chi connectivity index (χ0) is 18.4. The summed E-state index contributed by atoms with van der Waals surface area (Å²) in [5.74, 6) is 1.01. The quantitative estimate of drug-likeness (QED) is 0.571. The third kappa shape index (κ3) is 4.21. The second-order valence-electron chi connectivity index (χ2n) is 5.38. The molecule has 0 radical (unpaired) electrons. The normalized spacial score (nSPS) is 10.4. The van der Waals surface area contributed by atoms with Gasteiger partial charge in [0.05, 0.1) is 25.0 Å². The van der Waals surface area contributed by atoms with Crippen LogP contribution in [0.5, 0.6) is 11.5 Å². The largest absolute Gasteiger partial charge is 0.493 e. The number of carbonyl (C=O) groups is 1. The van der Waals surface area contributed by atoms with Crippen molar-refractivity contribution in [3.63, 3.8) is 0 Å². The SMILES string of the molecule is CCOc1ccc(-c2nc(COC(=O)c3ccccc3)cs2)cc1OC. The van der Waals surface area contributed by atoms with Crippen molar-refractivity contribution >= 4 is 17.3 Å². The monoisotopic (exact) mass is 369 g/mol. The van der Waals surface area contributed by atoms with Gasteiger partial charge >= 0.3 is 5.97 Å². The number of benzene rings is 2. The third-order valence-corrected chi connectivity index (χ3v) is 4.56. The van der Waals surface area contributed by atoms with Gasteiger partial charge in [0.1, 0.15) is 11.6 Å². The van der Waals surface area contributed by atoms with Gasteiger partial charge in [0.2, 0.25) is 0 Å². The molecule has 0 amide bonds. The van der Waals surface area contributed by atoms with Crippen LogP contribution < -0.4 is 9.47 Å². The zero-order valence-electron chi connectivity index (χ0n) is 14.6. The summed E-state index contributed by atoms with van der Waals surface area (Å²) < 4.78 is 16.2. The van der Waals surface area contributed by atoms with E-state index in [0.717, 1.165) is 10.6 Å². The molecule has 0 N–H and O–H groups in total. The van der Waals surface area contributed by atoms with E-state index in [1.54, 1.807) is 31.4 Å². The number of hydrogen-bond acceptors (Lipinski definition) is 6. The lowest BCUT2D eigenvalue weighted by Crippen LogP contribution is -2.05. The minimum atomic E-state index is -0.358. The lowest BCUT2D eigenvalue weighted by molar-refractivity contribution is 0.0468. The van der Waals surface area contributed by atoms with Crippen LogP contribution in [0.15, 0.2) is 53.9 Å². The molecule has 0 fully saturated rings. The first-order valence-electron chi connectivity index (χ1n) is 8.19. The number of aromatic nitrogens is 1. The lowest BCUT2D eigenvalue weighted by atomic mass is 10.2. The molecule has 0 bridgehead atoms. The molecule has 0 unspecified atom stereocenters. The molecule has 2 aromatic carbocycles.